The first-order valence-corrected chi connectivity index (χ1v) is 13.3. The molecule has 23 heavy (non-hydrogen) atoms. The van der Waals surface area contributed by atoms with Crippen molar-refractivity contribution in [3.63, 3.8) is 0 Å². The molecule has 0 bridgehead atoms. The molecule has 0 radical (unpaired) electrons. The molecule has 1 N–H and O–H groups in total. The molecule has 0 saturated carbocycles. The molecule has 0 spiro atoms. The summed E-state index contributed by atoms with van der Waals surface area (Å²) in [5.74, 6) is -0.806. The van der Waals surface area contributed by atoms with Crippen LogP contribution in [0.5, 0.6) is 5.75 Å². The van der Waals surface area contributed by atoms with Crippen LogP contribution in [0.1, 0.15) is 21.7 Å². The van der Waals surface area contributed by atoms with E-state index in [4.69, 9.17) is 5.11 Å². The van der Waals surface area contributed by atoms with Crippen LogP contribution in [0.2, 0.25) is 9.88 Å². The van der Waals surface area contributed by atoms with E-state index in [1.807, 2.05) is 0 Å². The summed E-state index contributed by atoms with van der Waals surface area (Å²) in [5, 5.41) is 41.5. The summed E-state index contributed by atoms with van der Waals surface area (Å²) in [7, 11) is 0. The Morgan fingerprint density at radius 2 is 2.17 bits per heavy atom. The normalized spacial score (nSPS) is 11.0. The van der Waals surface area contributed by atoms with Crippen LogP contribution in [0.25, 0.3) is 0 Å². The zero-order valence-electron chi connectivity index (χ0n) is 13.1. The first-order valence-electron chi connectivity index (χ1n) is 6.71. The summed E-state index contributed by atoms with van der Waals surface area (Å²) in [6.45, 7) is 1.23. The van der Waals surface area contributed by atoms with Crippen LogP contribution in [0.4, 0.5) is 0 Å². The summed E-state index contributed by atoms with van der Waals surface area (Å²) in [5.41, 5.74) is 0.846. The first-order chi connectivity index (χ1) is 11.0. The molecule has 2 rings (SSSR count). The Morgan fingerprint density at radius 3 is 2.74 bits per heavy atom. The van der Waals surface area contributed by atoms with Crippen molar-refractivity contribution in [1.82, 2.24) is 4.98 Å². The average Bonchev–Trinajstić information content (AvgIpc) is 3.07. The van der Waals surface area contributed by atoms with E-state index in [1.54, 1.807) is 24.4 Å². The topological polar surface area (TPSA) is 104 Å². The van der Waals surface area contributed by atoms with Crippen LogP contribution in [0.3, 0.4) is 0 Å². The van der Waals surface area contributed by atoms with Crippen LogP contribution in [0, 0.1) is 6.92 Å². The predicted molar refractivity (Wildman–Crippen MR) is 90.3 cm³/mol. The molecule has 0 aliphatic heterocycles. The minimum atomic E-state index is -0.472. The number of rotatable bonds is 4. The molecular weight excluding hydrogens is 421 g/mol. The molecule has 2 aromatic rings. The number of aliphatic hydroxyl groups excluding tert-OH is 1. The third kappa shape index (κ3) is 5.92. The van der Waals surface area contributed by atoms with Crippen molar-refractivity contribution in [3.8, 4) is 5.75 Å². The fourth-order valence-electron chi connectivity index (χ4n) is 1.50. The molecule has 2 aromatic heterocycles. The quantitative estimate of drug-likeness (QED) is 0.332. The Kier molecular flexibility index (Phi) is 8.82. The predicted octanol–water partition coefficient (Wildman–Crippen LogP) is 0.945. The van der Waals surface area contributed by atoms with Gasteiger partial charge in [-0.2, -0.15) is 10.2 Å². The number of pyridine rings is 1. The van der Waals surface area contributed by atoms with Crippen LogP contribution >= 0.6 is 11.3 Å². The van der Waals surface area contributed by atoms with Crippen molar-refractivity contribution in [2.45, 2.75) is 23.4 Å². The van der Waals surface area contributed by atoms with Crippen molar-refractivity contribution in [1.29, 1.82) is 0 Å². The second-order valence-corrected chi connectivity index (χ2v) is 8.20. The second-order valence-electron chi connectivity index (χ2n) is 4.40. The standard InChI is InChI=1S/C13H13N3O3S.2CH3.Sn/c1-8-12(18)10(9(7-17)5-14-8)6-15-16-13(19)11-3-2-4-20-11;;;/h2-6,17-18H,7H2,1H3,(H,16,19);2*1H3;/q;;;+2/p-2/b15-6+;;;. The van der Waals surface area contributed by atoms with E-state index in [2.05, 4.69) is 25.1 Å². The maximum atomic E-state index is 11.9. The SMILES string of the molecule is Cc1ncc(CO)c(/C=N/N=C(\[O-])c2cccs2)c1[O-].[CH3][Sn+2][CH3]. The minimum absolute atomic E-state index is 0.197. The van der Waals surface area contributed by atoms with E-state index >= 15 is 0 Å². The van der Waals surface area contributed by atoms with Crippen molar-refractivity contribution < 1.29 is 15.3 Å². The van der Waals surface area contributed by atoms with Gasteiger partial charge >= 0.3 is 31.0 Å². The van der Waals surface area contributed by atoms with Gasteiger partial charge in [-0.1, -0.05) is 11.8 Å². The molecule has 0 aliphatic carbocycles. The number of aryl methyl sites for hydroxylation is 1. The Hall–Kier alpha value is -1.45. The third-order valence-electron chi connectivity index (χ3n) is 2.57. The Bertz CT molecular complexity index is 673. The van der Waals surface area contributed by atoms with Gasteiger partial charge in [-0.15, -0.1) is 11.3 Å². The van der Waals surface area contributed by atoms with E-state index in [9.17, 15) is 10.2 Å². The first kappa shape index (κ1) is 19.6. The summed E-state index contributed by atoms with van der Waals surface area (Å²) in [6.07, 6.45) is 2.58. The van der Waals surface area contributed by atoms with Gasteiger partial charge in [0.05, 0.1) is 12.8 Å². The molecule has 0 aliphatic rings. The zero-order chi connectivity index (χ0) is 17.2. The molecule has 0 aromatic carbocycles. The molecule has 0 fully saturated rings. The molecule has 0 atom stereocenters. The Balaban J connectivity index is 0.000000816. The van der Waals surface area contributed by atoms with Gasteiger partial charge in [0.1, 0.15) is 0 Å². The molecule has 0 unspecified atom stereocenters. The monoisotopic (exact) mass is 439 g/mol. The van der Waals surface area contributed by atoms with E-state index < -0.39 is 5.90 Å². The van der Waals surface area contributed by atoms with Gasteiger partial charge in [0, 0.05) is 28.2 Å². The second kappa shape index (κ2) is 10.3. The van der Waals surface area contributed by atoms with Crippen LogP contribution in [-0.4, -0.2) is 43.3 Å². The third-order valence-corrected chi connectivity index (χ3v) is 3.43. The number of aliphatic hydroxyl groups is 1. The van der Waals surface area contributed by atoms with Gasteiger partial charge in [-0.25, -0.2) is 0 Å². The molecule has 0 saturated heterocycles. The molecule has 0 amide bonds. The molecule has 8 heteroatoms. The fourth-order valence-corrected chi connectivity index (χ4v) is 2.10. The Morgan fingerprint density at radius 1 is 1.48 bits per heavy atom. The van der Waals surface area contributed by atoms with Gasteiger partial charge in [0.25, 0.3) is 0 Å². The van der Waals surface area contributed by atoms with E-state index in [1.165, 1.54) is 23.7 Å². The molecule has 2 heterocycles. The van der Waals surface area contributed by atoms with Gasteiger partial charge in [-0.3, -0.25) is 4.98 Å². The van der Waals surface area contributed by atoms with E-state index in [0.29, 0.717) is 16.1 Å². The summed E-state index contributed by atoms with van der Waals surface area (Å²) >= 11 is 1.49. The number of thiophene rings is 1. The van der Waals surface area contributed by atoms with Crippen molar-refractivity contribution in [2.75, 3.05) is 0 Å². The summed E-state index contributed by atoms with van der Waals surface area (Å²) in [6, 6.07) is 3.38. The van der Waals surface area contributed by atoms with E-state index in [-0.39, 0.29) is 39.1 Å². The van der Waals surface area contributed by atoms with Gasteiger partial charge < -0.3 is 15.3 Å². The zero-order valence-corrected chi connectivity index (χ0v) is 16.8. The van der Waals surface area contributed by atoms with Crippen molar-refractivity contribution in [3.05, 3.63) is 45.4 Å². The molecular formula is C15H17N3O3SSn. The van der Waals surface area contributed by atoms with Crippen molar-refractivity contribution >= 4 is 44.6 Å². The van der Waals surface area contributed by atoms with Gasteiger partial charge in [0.2, 0.25) is 0 Å². The number of hydrogen-bond acceptors (Lipinski definition) is 7. The van der Waals surface area contributed by atoms with Gasteiger partial charge in [-0.05, 0) is 23.9 Å². The van der Waals surface area contributed by atoms with Crippen LogP contribution in [-0.2, 0) is 6.61 Å². The fraction of sp³-hybridized carbons (Fsp3) is 0.267. The maximum absolute atomic E-state index is 11.9. The molecule has 6 nitrogen and oxygen atoms in total. The number of nitrogens with zero attached hydrogens (tertiary/aromatic N) is 3. The van der Waals surface area contributed by atoms with Crippen LogP contribution in [0.15, 0.2) is 33.9 Å². The molecule has 120 valence electrons. The van der Waals surface area contributed by atoms with Crippen LogP contribution < -0.4 is 10.2 Å². The average molecular weight is 438 g/mol. The number of aromatic nitrogens is 1. The van der Waals surface area contributed by atoms with Gasteiger partial charge in [0.15, 0.2) is 0 Å². The summed E-state index contributed by atoms with van der Waals surface area (Å²) < 4.78 is 0. The number of hydrogen-bond donors (Lipinski definition) is 1. The van der Waals surface area contributed by atoms with Crippen molar-refractivity contribution in [2.24, 2.45) is 10.2 Å². The van der Waals surface area contributed by atoms with E-state index in [0.717, 1.165) is 0 Å². The summed E-state index contributed by atoms with van der Waals surface area (Å²) in [4.78, 5) is 8.92. The Labute approximate surface area is 149 Å².